The van der Waals surface area contributed by atoms with Gasteiger partial charge in [-0.25, -0.2) is 4.39 Å². The van der Waals surface area contributed by atoms with E-state index in [1.807, 2.05) is 26.1 Å². The number of nitrogens with one attached hydrogen (secondary N) is 1. The van der Waals surface area contributed by atoms with E-state index in [2.05, 4.69) is 28.2 Å². The summed E-state index contributed by atoms with van der Waals surface area (Å²) in [5.74, 6) is -0.228. The number of benzene rings is 1. The van der Waals surface area contributed by atoms with Gasteiger partial charge in [0.25, 0.3) is 0 Å². The lowest BCUT2D eigenvalue weighted by atomic mass is 10.1. The normalized spacial score (nSPS) is 14.1. The van der Waals surface area contributed by atoms with E-state index in [9.17, 15) is 4.39 Å². The molecule has 1 unspecified atom stereocenters. The molecule has 0 bridgehead atoms. The minimum absolute atomic E-state index is 0.228. The summed E-state index contributed by atoms with van der Waals surface area (Å²) in [6.45, 7) is 4.10. The Labute approximate surface area is 98.5 Å². The predicted octanol–water partition coefficient (Wildman–Crippen LogP) is 3.60. The summed E-state index contributed by atoms with van der Waals surface area (Å²) >= 11 is 3.13. The maximum Gasteiger partial charge on any atom is 0.137 e. The molecule has 1 aromatic carbocycles. The summed E-state index contributed by atoms with van der Waals surface area (Å²) in [7, 11) is 1.91. The van der Waals surface area contributed by atoms with Gasteiger partial charge in [0.1, 0.15) is 5.82 Å². The molecule has 0 aliphatic heterocycles. The molecule has 0 fully saturated rings. The fourth-order valence-electron chi connectivity index (χ4n) is 1.22. The first-order valence-electron chi connectivity index (χ1n) is 4.85. The minimum Gasteiger partial charge on any atom is -0.314 e. The van der Waals surface area contributed by atoms with E-state index in [-0.39, 0.29) is 5.82 Å². The molecule has 0 aromatic heterocycles. The molecule has 0 saturated carbocycles. The second-order valence-electron chi connectivity index (χ2n) is 3.57. The van der Waals surface area contributed by atoms with Crippen LogP contribution in [0.5, 0.6) is 0 Å². The average molecular weight is 272 g/mol. The second kappa shape index (κ2) is 5.42. The number of hydrogen-bond acceptors (Lipinski definition) is 1. The Morgan fingerprint density at radius 2 is 2.20 bits per heavy atom. The van der Waals surface area contributed by atoms with Crippen LogP contribution in [0.1, 0.15) is 19.4 Å². The second-order valence-corrected chi connectivity index (χ2v) is 4.43. The number of hydrogen-bond donors (Lipinski definition) is 1. The summed E-state index contributed by atoms with van der Waals surface area (Å²) in [5, 5.41) is 3.14. The summed E-state index contributed by atoms with van der Waals surface area (Å²) < 4.78 is 13.7. The van der Waals surface area contributed by atoms with Crippen molar-refractivity contribution < 1.29 is 4.39 Å². The van der Waals surface area contributed by atoms with Crippen LogP contribution in [-0.2, 0) is 0 Å². The first-order valence-corrected chi connectivity index (χ1v) is 5.64. The fourth-order valence-corrected chi connectivity index (χ4v) is 1.46. The number of halogens is 2. The van der Waals surface area contributed by atoms with Crippen molar-refractivity contribution in [1.29, 1.82) is 0 Å². The predicted molar refractivity (Wildman–Crippen MR) is 66.3 cm³/mol. The molecule has 0 amide bonds. The van der Waals surface area contributed by atoms with Crippen molar-refractivity contribution in [2.75, 3.05) is 7.05 Å². The standard InChI is InChI=1S/C12H15BrFN/c1-8(9(2)15-3)6-10-4-5-11(13)12(14)7-10/h4-7,9,15H,1-3H3/b8-6+. The molecule has 0 saturated heterocycles. The molecule has 15 heavy (non-hydrogen) atoms. The third-order valence-corrected chi connectivity index (χ3v) is 3.10. The minimum atomic E-state index is -0.228. The molecule has 1 rings (SSSR count). The molecule has 82 valence electrons. The van der Waals surface area contributed by atoms with E-state index in [4.69, 9.17) is 0 Å². The van der Waals surface area contributed by atoms with Gasteiger partial charge >= 0.3 is 0 Å². The molecule has 0 heterocycles. The Morgan fingerprint density at radius 1 is 1.53 bits per heavy atom. The number of likely N-dealkylation sites (N-methyl/N-ethyl adjacent to an activating group) is 1. The quantitative estimate of drug-likeness (QED) is 0.886. The molecular weight excluding hydrogens is 257 g/mol. The maximum absolute atomic E-state index is 13.2. The molecule has 0 spiro atoms. The van der Waals surface area contributed by atoms with Crippen LogP contribution in [-0.4, -0.2) is 13.1 Å². The molecule has 3 heteroatoms. The van der Waals surface area contributed by atoms with E-state index in [0.717, 1.165) is 5.56 Å². The Kier molecular flexibility index (Phi) is 4.48. The zero-order chi connectivity index (χ0) is 11.4. The summed E-state index contributed by atoms with van der Waals surface area (Å²) in [5.41, 5.74) is 2.06. The SMILES string of the molecule is CNC(C)/C(C)=C/c1ccc(Br)c(F)c1. The van der Waals surface area contributed by atoms with Crippen molar-refractivity contribution in [2.24, 2.45) is 0 Å². The number of rotatable bonds is 3. The molecular formula is C12H15BrFN. The lowest BCUT2D eigenvalue weighted by Gasteiger charge is -2.10. The van der Waals surface area contributed by atoms with Crippen molar-refractivity contribution in [3.63, 3.8) is 0 Å². The van der Waals surface area contributed by atoms with Crippen LogP contribution < -0.4 is 5.32 Å². The van der Waals surface area contributed by atoms with E-state index >= 15 is 0 Å². The van der Waals surface area contributed by atoms with Gasteiger partial charge in [-0.05, 0) is 54.5 Å². The van der Waals surface area contributed by atoms with E-state index in [0.29, 0.717) is 10.5 Å². The Balaban J connectivity index is 2.93. The third kappa shape index (κ3) is 3.43. The summed E-state index contributed by atoms with van der Waals surface area (Å²) in [6, 6.07) is 5.43. The van der Waals surface area contributed by atoms with E-state index < -0.39 is 0 Å². The summed E-state index contributed by atoms with van der Waals surface area (Å²) in [4.78, 5) is 0. The van der Waals surface area contributed by atoms with Crippen LogP contribution in [0.4, 0.5) is 4.39 Å². The highest BCUT2D eigenvalue weighted by Gasteiger charge is 2.02. The van der Waals surface area contributed by atoms with Gasteiger partial charge in [0.05, 0.1) is 4.47 Å². The van der Waals surface area contributed by atoms with Gasteiger partial charge in [-0.3, -0.25) is 0 Å². The van der Waals surface area contributed by atoms with Crippen LogP contribution in [0.15, 0.2) is 28.2 Å². The molecule has 0 aliphatic rings. The van der Waals surface area contributed by atoms with Crippen LogP contribution in [0, 0.1) is 5.82 Å². The van der Waals surface area contributed by atoms with Crippen molar-refractivity contribution >= 4 is 22.0 Å². The topological polar surface area (TPSA) is 12.0 Å². The monoisotopic (exact) mass is 271 g/mol. The Morgan fingerprint density at radius 3 is 2.73 bits per heavy atom. The van der Waals surface area contributed by atoms with Gasteiger partial charge in [-0.15, -0.1) is 0 Å². The van der Waals surface area contributed by atoms with Crippen molar-refractivity contribution in [3.8, 4) is 0 Å². The van der Waals surface area contributed by atoms with E-state index in [1.165, 1.54) is 11.6 Å². The zero-order valence-electron chi connectivity index (χ0n) is 9.14. The fraction of sp³-hybridized carbons (Fsp3) is 0.333. The first-order chi connectivity index (χ1) is 7.04. The highest BCUT2D eigenvalue weighted by Crippen LogP contribution is 2.18. The van der Waals surface area contributed by atoms with Gasteiger partial charge in [-0.2, -0.15) is 0 Å². The Hall–Kier alpha value is -0.670. The van der Waals surface area contributed by atoms with Gasteiger partial charge in [0.15, 0.2) is 0 Å². The summed E-state index contributed by atoms with van der Waals surface area (Å²) in [6.07, 6.45) is 1.98. The lowest BCUT2D eigenvalue weighted by molar-refractivity contribution is 0.620. The van der Waals surface area contributed by atoms with Gasteiger partial charge < -0.3 is 5.32 Å². The van der Waals surface area contributed by atoms with Crippen LogP contribution >= 0.6 is 15.9 Å². The third-order valence-electron chi connectivity index (χ3n) is 2.45. The van der Waals surface area contributed by atoms with Crippen molar-refractivity contribution in [1.82, 2.24) is 5.32 Å². The molecule has 1 atom stereocenters. The molecule has 0 aliphatic carbocycles. The van der Waals surface area contributed by atoms with Crippen LogP contribution in [0.3, 0.4) is 0 Å². The van der Waals surface area contributed by atoms with Gasteiger partial charge in [-0.1, -0.05) is 17.7 Å². The lowest BCUT2D eigenvalue weighted by Crippen LogP contribution is -2.21. The van der Waals surface area contributed by atoms with Crippen LogP contribution in [0.25, 0.3) is 6.08 Å². The van der Waals surface area contributed by atoms with Crippen molar-refractivity contribution in [2.45, 2.75) is 19.9 Å². The van der Waals surface area contributed by atoms with Gasteiger partial charge in [0, 0.05) is 6.04 Å². The van der Waals surface area contributed by atoms with Gasteiger partial charge in [0.2, 0.25) is 0 Å². The molecule has 1 nitrogen and oxygen atoms in total. The largest absolute Gasteiger partial charge is 0.314 e. The first kappa shape index (κ1) is 12.4. The average Bonchev–Trinajstić information content (AvgIpc) is 2.22. The Bertz CT molecular complexity index is 374. The van der Waals surface area contributed by atoms with Crippen LogP contribution in [0.2, 0.25) is 0 Å². The van der Waals surface area contributed by atoms with Crippen molar-refractivity contribution in [3.05, 3.63) is 39.6 Å². The molecule has 1 N–H and O–H groups in total. The molecule has 0 radical (unpaired) electrons. The highest BCUT2D eigenvalue weighted by molar-refractivity contribution is 9.10. The smallest absolute Gasteiger partial charge is 0.137 e. The molecule has 1 aromatic rings. The maximum atomic E-state index is 13.2. The van der Waals surface area contributed by atoms with E-state index in [1.54, 1.807) is 6.07 Å². The highest BCUT2D eigenvalue weighted by atomic mass is 79.9. The zero-order valence-corrected chi connectivity index (χ0v) is 10.7.